The minimum Gasteiger partial charge on any atom is -0.481 e. The van der Waals surface area contributed by atoms with Crippen molar-refractivity contribution in [2.75, 3.05) is 0 Å². The van der Waals surface area contributed by atoms with Crippen LogP contribution in [0, 0.1) is 5.92 Å². The van der Waals surface area contributed by atoms with E-state index in [1.54, 1.807) is 13.0 Å². The topological polar surface area (TPSA) is 66.4 Å². The molecule has 0 rings (SSSR count). The van der Waals surface area contributed by atoms with Gasteiger partial charge in [-0.3, -0.25) is 9.59 Å². The quantitative estimate of drug-likeness (QED) is 0.491. The molecule has 2 atom stereocenters. The van der Waals surface area contributed by atoms with Crippen LogP contribution in [0.4, 0.5) is 0 Å². The number of hydrogen-bond donors (Lipinski definition) is 2. The summed E-state index contributed by atoms with van der Waals surface area (Å²) in [5, 5.41) is 11.1. The van der Waals surface area contributed by atoms with Gasteiger partial charge in [-0.1, -0.05) is 6.08 Å². The second-order valence-electron chi connectivity index (χ2n) is 2.99. The first-order chi connectivity index (χ1) is 5.99. The van der Waals surface area contributed by atoms with Gasteiger partial charge in [-0.2, -0.15) is 0 Å². The first kappa shape index (κ1) is 11.7. The molecule has 0 aromatic rings. The largest absolute Gasteiger partial charge is 0.481 e. The Hall–Kier alpha value is -1.32. The number of hydrogen-bond acceptors (Lipinski definition) is 2. The monoisotopic (exact) mass is 185 g/mol. The Morgan fingerprint density at radius 3 is 2.46 bits per heavy atom. The van der Waals surface area contributed by atoms with Crippen LogP contribution in [0.15, 0.2) is 12.7 Å². The number of carboxylic acids is 1. The number of carbonyl (C=O) groups excluding carboxylic acids is 1. The number of amides is 1. The Labute approximate surface area is 77.6 Å². The molecular weight excluding hydrogens is 170 g/mol. The minimum absolute atomic E-state index is 0.0631. The van der Waals surface area contributed by atoms with E-state index >= 15 is 0 Å². The van der Waals surface area contributed by atoms with Gasteiger partial charge < -0.3 is 10.4 Å². The van der Waals surface area contributed by atoms with Crippen molar-refractivity contribution in [1.29, 1.82) is 0 Å². The van der Waals surface area contributed by atoms with Crippen molar-refractivity contribution in [3.05, 3.63) is 12.7 Å². The Morgan fingerprint density at radius 2 is 2.08 bits per heavy atom. The van der Waals surface area contributed by atoms with E-state index in [-0.39, 0.29) is 6.04 Å². The van der Waals surface area contributed by atoms with E-state index < -0.39 is 17.8 Å². The molecule has 4 nitrogen and oxygen atoms in total. The molecule has 4 heteroatoms. The van der Waals surface area contributed by atoms with E-state index in [1.807, 2.05) is 0 Å². The second kappa shape index (κ2) is 5.35. The van der Waals surface area contributed by atoms with E-state index in [0.29, 0.717) is 6.42 Å². The summed E-state index contributed by atoms with van der Waals surface area (Å²) in [7, 11) is 0. The van der Waals surface area contributed by atoms with Crippen molar-refractivity contribution < 1.29 is 14.7 Å². The molecule has 0 bridgehead atoms. The van der Waals surface area contributed by atoms with Crippen LogP contribution in [0.5, 0.6) is 0 Å². The lowest BCUT2D eigenvalue weighted by Crippen LogP contribution is -2.38. The number of carbonyl (C=O) groups is 2. The molecule has 0 heterocycles. The van der Waals surface area contributed by atoms with Crippen molar-refractivity contribution in [2.24, 2.45) is 5.92 Å². The second-order valence-corrected chi connectivity index (χ2v) is 2.99. The van der Waals surface area contributed by atoms with Crippen LogP contribution in [0.25, 0.3) is 0 Å². The summed E-state index contributed by atoms with van der Waals surface area (Å²) in [5.74, 6) is -2.56. The molecule has 0 aliphatic heterocycles. The van der Waals surface area contributed by atoms with Crippen LogP contribution in [-0.4, -0.2) is 23.0 Å². The molecule has 0 aromatic carbocycles. The smallest absolute Gasteiger partial charge is 0.315 e. The molecule has 0 spiro atoms. The maximum Gasteiger partial charge on any atom is 0.315 e. The molecule has 0 saturated heterocycles. The van der Waals surface area contributed by atoms with Crippen LogP contribution in [0.3, 0.4) is 0 Å². The zero-order valence-electron chi connectivity index (χ0n) is 7.91. The summed E-state index contributed by atoms with van der Waals surface area (Å²) < 4.78 is 0. The highest BCUT2D eigenvalue weighted by Crippen LogP contribution is 1.97. The van der Waals surface area contributed by atoms with E-state index in [9.17, 15) is 9.59 Å². The standard InChI is InChI=1S/C9H15NO3/c1-4-5-6(2)10-8(11)7(3)9(12)13/h4,6-7H,1,5H2,2-3H3,(H,10,11)(H,12,13). The van der Waals surface area contributed by atoms with Gasteiger partial charge in [-0.25, -0.2) is 0 Å². The van der Waals surface area contributed by atoms with Crippen molar-refractivity contribution in [3.8, 4) is 0 Å². The van der Waals surface area contributed by atoms with Gasteiger partial charge in [0, 0.05) is 6.04 Å². The lowest BCUT2D eigenvalue weighted by atomic mass is 10.1. The first-order valence-electron chi connectivity index (χ1n) is 4.13. The predicted octanol–water partition coefficient (Wildman–Crippen LogP) is 0.788. The molecule has 0 fully saturated rings. The van der Waals surface area contributed by atoms with Crippen molar-refractivity contribution >= 4 is 11.9 Å². The summed E-state index contributed by atoms with van der Waals surface area (Å²) >= 11 is 0. The van der Waals surface area contributed by atoms with E-state index in [2.05, 4.69) is 11.9 Å². The highest BCUT2D eigenvalue weighted by molar-refractivity contribution is 5.96. The third-order valence-electron chi connectivity index (χ3n) is 1.67. The average molecular weight is 185 g/mol. The fraction of sp³-hybridized carbons (Fsp3) is 0.556. The van der Waals surface area contributed by atoms with Gasteiger partial charge >= 0.3 is 5.97 Å². The molecule has 1 amide bonds. The third kappa shape index (κ3) is 4.30. The van der Waals surface area contributed by atoms with Gasteiger partial charge in [0.15, 0.2) is 0 Å². The third-order valence-corrected chi connectivity index (χ3v) is 1.67. The molecular formula is C9H15NO3. The van der Waals surface area contributed by atoms with Gasteiger partial charge in [-0.05, 0) is 20.3 Å². The molecule has 0 saturated carbocycles. The summed E-state index contributed by atoms with van der Waals surface area (Å²) in [5.41, 5.74) is 0. The van der Waals surface area contributed by atoms with E-state index in [4.69, 9.17) is 5.11 Å². The van der Waals surface area contributed by atoms with Gasteiger partial charge in [0.2, 0.25) is 5.91 Å². The number of carboxylic acid groups (broad SMARTS) is 1. The Bertz CT molecular complexity index is 213. The maximum absolute atomic E-state index is 11.1. The molecule has 0 aromatic heterocycles. The summed E-state index contributed by atoms with van der Waals surface area (Å²) in [6.45, 7) is 6.68. The Kier molecular flexibility index (Phi) is 4.80. The molecule has 13 heavy (non-hydrogen) atoms. The first-order valence-corrected chi connectivity index (χ1v) is 4.13. The number of nitrogens with one attached hydrogen (secondary N) is 1. The Balaban J connectivity index is 3.99. The van der Waals surface area contributed by atoms with Gasteiger partial charge in [0.25, 0.3) is 0 Å². The molecule has 0 aliphatic rings. The van der Waals surface area contributed by atoms with Gasteiger partial charge in [0.05, 0.1) is 0 Å². The van der Waals surface area contributed by atoms with Crippen LogP contribution in [0.1, 0.15) is 20.3 Å². The van der Waals surface area contributed by atoms with E-state index in [0.717, 1.165) is 0 Å². The van der Waals surface area contributed by atoms with E-state index in [1.165, 1.54) is 6.92 Å². The molecule has 0 aliphatic carbocycles. The summed E-state index contributed by atoms with van der Waals surface area (Å²) in [4.78, 5) is 21.5. The number of rotatable bonds is 5. The van der Waals surface area contributed by atoms with Crippen LogP contribution in [-0.2, 0) is 9.59 Å². The van der Waals surface area contributed by atoms with Crippen LogP contribution < -0.4 is 5.32 Å². The summed E-state index contributed by atoms with van der Waals surface area (Å²) in [6.07, 6.45) is 2.31. The van der Waals surface area contributed by atoms with Crippen molar-refractivity contribution in [3.63, 3.8) is 0 Å². The van der Waals surface area contributed by atoms with Crippen molar-refractivity contribution in [1.82, 2.24) is 5.32 Å². The SMILES string of the molecule is C=CCC(C)NC(=O)C(C)C(=O)O. The highest BCUT2D eigenvalue weighted by atomic mass is 16.4. The zero-order chi connectivity index (χ0) is 10.4. The highest BCUT2D eigenvalue weighted by Gasteiger charge is 2.21. The minimum atomic E-state index is -1.11. The number of aliphatic carboxylic acids is 1. The van der Waals surface area contributed by atoms with Crippen LogP contribution >= 0.6 is 0 Å². The Morgan fingerprint density at radius 1 is 1.54 bits per heavy atom. The average Bonchev–Trinajstić information content (AvgIpc) is 2.03. The predicted molar refractivity (Wildman–Crippen MR) is 49.2 cm³/mol. The molecule has 0 radical (unpaired) electrons. The normalized spacial score (nSPS) is 14.3. The molecule has 2 unspecified atom stereocenters. The lowest BCUT2D eigenvalue weighted by molar-refractivity contribution is -0.146. The fourth-order valence-electron chi connectivity index (χ4n) is 0.789. The zero-order valence-corrected chi connectivity index (χ0v) is 7.91. The lowest BCUT2D eigenvalue weighted by Gasteiger charge is -2.13. The summed E-state index contributed by atoms with van der Waals surface area (Å²) in [6, 6.07) is -0.0631. The molecule has 2 N–H and O–H groups in total. The van der Waals surface area contributed by atoms with Crippen LogP contribution in [0.2, 0.25) is 0 Å². The van der Waals surface area contributed by atoms with Crippen molar-refractivity contribution in [2.45, 2.75) is 26.3 Å². The van der Waals surface area contributed by atoms with Gasteiger partial charge in [-0.15, -0.1) is 6.58 Å². The molecule has 74 valence electrons. The fourth-order valence-corrected chi connectivity index (χ4v) is 0.789. The van der Waals surface area contributed by atoms with Gasteiger partial charge in [0.1, 0.15) is 5.92 Å². The maximum atomic E-state index is 11.1.